The third-order valence-electron chi connectivity index (χ3n) is 5.88. The molecule has 7 heteroatoms. The summed E-state index contributed by atoms with van der Waals surface area (Å²) in [7, 11) is 1.66. The molecule has 0 saturated heterocycles. The minimum absolute atomic E-state index is 0.0999. The number of amides is 1. The van der Waals surface area contributed by atoms with Gasteiger partial charge in [-0.3, -0.25) is 9.20 Å². The van der Waals surface area contributed by atoms with Crippen molar-refractivity contribution in [2.24, 2.45) is 0 Å². The van der Waals surface area contributed by atoms with Gasteiger partial charge in [-0.2, -0.15) is 0 Å². The molecule has 6 nitrogen and oxygen atoms in total. The maximum atomic E-state index is 13.4. The van der Waals surface area contributed by atoms with E-state index in [4.69, 9.17) is 4.74 Å². The molecule has 3 heterocycles. The first-order chi connectivity index (χ1) is 15.1. The van der Waals surface area contributed by atoms with Crippen molar-refractivity contribution in [2.45, 2.75) is 37.1 Å². The van der Waals surface area contributed by atoms with Crippen LogP contribution >= 0.6 is 11.8 Å². The molecule has 1 aliphatic heterocycles. The maximum absolute atomic E-state index is 13.4. The van der Waals surface area contributed by atoms with E-state index < -0.39 is 0 Å². The highest BCUT2D eigenvalue weighted by atomic mass is 32.2. The molecule has 31 heavy (non-hydrogen) atoms. The Morgan fingerprint density at radius 3 is 2.84 bits per heavy atom. The Bertz CT molecular complexity index is 1300. The van der Waals surface area contributed by atoms with E-state index in [1.807, 2.05) is 52.6 Å². The van der Waals surface area contributed by atoms with Gasteiger partial charge in [0.15, 0.2) is 10.8 Å². The molecule has 2 aromatic carbocycles. The first kappa shape index (κ1) is 19.9. The lowest BCUT2D eigenvalue weighted by Crippen LogP contribution is -2.40. The number of pyridine rings is 1. The van der Waals surface area contributed by atoms with Crippen molar-refractivity contribution in [1.82, 2.24) is 14.6 Å². The van der Waals surface area contributed by atoms with E-state index >= 15 is 0 Å². The molecule has 5 rings (SSSR count). The van der Waals surface area contributed by atoms with Crippen LogP contribution in [0.4, 0.5) is 5.69 Å². The number of carbonyl (C=O) groups excluding carboxylic acids is 1. The molecule has 0 saturated carbocycles. The van der Waals surface area contributed by atoms with Crippen molar-refractivity contribution in [1.29, 1.82) is 0 Å². The molecule has 0 fully saturated rings. The lowest BCUT2D eigenvalue weighted by atomic mass is 10.0. The van der Waals surface area contributed by atoms with E-state index in [0.29, 0.717) is 5.16 Å². The number of hydrogen-bond acceptors (Lipinski definition) is 5. The summed E-state index contributed by atoms with van der Waals surface area (Å²) in [5.41, 5.74) is 5.14. The predicted molar refractivity (Wildman–Crippen MR) is 124 cm³/mol. The monoisotopic (exact) mass is 432 g/mol. The Kier molecular flexibility index (Phi) is 5.06. The Hall–Kier alpha value is -3.06. The van der Waals surface area contributed by atoms with Crippen LogP contribution in [0.2, 0.25) is 0 Å². The molecule has 1 amide bonds. The van der Waals surface area contributed by atoms with Gasteiger partial charge < -0.3 is 9.64 Å². The molecule has 0 N–H and O–H groups in total. The third kappa shape index (κ3) is 3.43. The van der Waals surface area contributed by atoms with Gasteiger partial charge >= 0.3 is 0 Å². The number of anilines is 1. The van der Waals surface area contributed by atoms with E-state index in [9.17, 15) is 4.79 Å². The smallest absolute Gasteiger partial charge is 0.240 e. The Morgan fingerprint density at radius 2 is 2.00 bits per heavy atom. The third-order valence-corrected chi connectivity index (χ3v) is 6.91. The largest absolute Gasteiger partial charge is 0.497 e. The lowest BCUT2D eigenvalue weighted by Gasteiger charge is -2.31. The van der Waals surface area contributed by atoms with Crippen LogP contribution < -0.4 is 9.64 Å². The van der Waals surface area contributed by atoms with Crippen LogP contribution in [0.25, 0.3) is 16.6 Å². The Labute approximate surface area is 185 Å². The van der Waals surface area contributed by atoms with Crippen molar-refractivity contribution < 1.29 is 9.53 Å². The molecule has 4 aromatic rings. The topological polar surface area (TPSA) is 59.7 Å². The summed E-state index contributed by atoms with van der Waals surface area (Å²) in [6, 6.07) is 16.2. The van der Waals surface area contributed by atoms with Crippen LogP contribution in [0.15, 0.2) is 53.7 Å². The highest BCUT2D eigenvalue weighted by Gasteiger charge is 2.28. The normalized spacial score (nSPS) is 14.6. The minimum atomic E-state index is -0.291. The highest BCUT2D eigenvalue weighted by molar-refractivity contribution is 8.00. The molecule has 2 aromatic heterocycles. The standard InChI is InChI=1S/C24H24N4O2S/c1-15-13-22-25-26-24(28(22)21-14-18(30-3)10-11-19(15)21)31-16(2)23(29)27-12-6-8-17-7-4-5-9-20(17)27/h4-5,7,9-11,13-14,16H,6,8,12H2,1-3H3/t16-/m1/s1. The minimum Gasteiger partial charge on any atom is -0.497 e. The van der Waals surface area contributed by atoms with E-state index in [-0.39, 0.29) is 11.2 Å². The van der Waals surface area contributed by atoms with Gasteiger partial charge in [-0.15, -0.1) is 10.2 Å². The number of ether oxygens (including phenoxy) is 1. The average Bonchev–Trinajstić information content (AvgIpc) is 3.20. The van der Waals surface area contributed by atoms with Crippen molar-refractivity contribution in [3.05, 3.63) is 59.7 Å². The molecule has 1 atom stereocenters. The number of hydrogen-bond donors (Lipinski definition) is 0. The van der Waals surface area contributed by atoms with Crippen LogP contribution in [0.5, 0.6) is 5.75 Å². The predicted octanol–water partition coefficient (Wildman–Crippen LogP) is 4.66. The Morgan fingerprint density at radius 1 is 1.16 bits per heavy atom. The van der Waals surface area contributed by atoms with Gasteiger partial charge in [-0.05, 0) is 62.1 Å². The number of methoxy groups -OCH3 is 1. The van der Waals surface area contributed by atoms with E-state index in [1.54, 1.807) is 7.11 Å². The zero-order chi connectivity index (χ0) is 21.5. The first-order valence-corrected chi connectivity index (χ1v) is 11.3. The molecule has 0 aliphatic carbocycles. The zero-order valence-electron chi connectivity index (χ0n) is 17.8. The first-order valence-electron chi connectivity index (χ1n) is 10.5. The molecule has 0 radical (unpaired) electrons. The molecule has 0 bridgehead atoms. The summed E-state index contributed by atoms with van der Waals surface area (Å²) in [6.07, 6.45) is 2.00. The van der Waals surface area contributed by atoms with Gasteiger partial charge in [0.2, 0.25) is 5.91 Å². The fourth-order valence-electron chi connectivity index (χ4n) is 4.30. The van der Waals surface area contributed by atoms with Crippen molar-refractivity contribution in [3.8, 4) is 5.75 Å². The Balaban J connectivity index is 1.51. The summed E-state index contributed by atoms with van der Waals surface area (Å²) in [6.45, 7) is 4.76. The number of nitrogens with zero attached hydrogens (tertiary/aromatic N) is 4. The summed E-state index contributed by atoms with van der Waals surface area (Å²) in [4.78, 5) is 15.3. The molecule has 1 aliphatic rings. The number of rotatable bonds is 4. The highest BCUT2D eigenvalue weighted by Crippen LogP contribution is 2.33. The van der Waals surface area contributed by atoms with Gasteiger partial charge in [0.25, 0.3) is 0 Å². The fourth-order valence-corrected chi connectivity index (χ4v) is 5.23. The number of aryl methyl sites for hydroxylation is 2. The lowest BCUT2D eigenvalue weighted by molar-refractivity contribution is -0.117. The second-order valence-corrected chi connectivity index (χ2v) is 9.18. The summed E-state index contributed by atoms with van der Waals surface area (Å²) in [5.74, 6) is 0.876. The summed E-state index contributed by atoms with van der Waals surface area (Å²) in [5, 5.41) is 10.3. The molecule has 158 valence electrons. The quantitative estimate of drug-likeness (QED) is 0.439. The van der Waals surface area contributed by atoms with Gasteiger partial charge in [0.05, 0.1) is 17.9 Å². The number of fused-ring (bicyclic) bond motifs is 4. The second-order valence-electron chi connectivity index (χ2n) is 7.87. The van der Waals surface area contributed by atoms with Crippen LogP contribution in [-0.4, -0.2) is 39.4 Å². The van der Waals surface area contributed by atoms with Crippen LogP contribution in [-0.2, 0) is 11.2 Å². The van der Waals surface area contributed by atoms with Gasteiger partial charge in [-0.1, -0.05) is 30.0 Å². The number of para-hydroxylation sites is 1. The molecular formula is C24H24N4O2S. The number of aromatic nitrogens is 3. The number of thioether (sulfide) groups is 1. The second kappa shape index (κ2) is 7.89. The average molecular weight is 433 g/mol. The van der Waals surface area contributed by atoms with Crippen LogP contribution in [0.3, 0.4) is 0 Å². The molecule has 0 spiro atoms. The van der Waals surface area contributed by atoms with Crippen molar-refractivity contribution in [3.63, 3.8) is 0 Å². The zero-order valence-corrected chi connectivity index (χ0v) is 18.6. The van der Waals surface area contributed by atoms with Crippen LogP contribution in [0, 0.1) is 6.92 Å². The van der Waals surface area contributed by atoms with Crippen molar-refractivity contribution in [2.75, 3.05) is 18.6 Å². The maximum Gasteiger partial charge on any atom is 0.240 e. The van der Waals surface area contributed by atoms with E-state index in [2.05, 4.69) is 29.3 Å². The van der Waals surface area contributed by atoms with Crippen molar-refractivity contribution >= 4 is 39.9 Å². The van der Waals surface area contributed by atoms with Gasteiger partial charge in [-0.25, -0.2) is 0 Å². The molecule has 0 unspecified atom stereocenters. The van der Waals surface area contributed by atoms with E-state index in [1.165, 1.54) is 17.3 Å². The SMILES string of the molecule is COc1ccc2c(C)cc3nnc(S[C@H](C)C(=O)N4CCCc5ccccc54)n3c2c1. The number of carbonyl (C=O) groups is 1. The fraction of sp³-hybridized carbons (Fsp3) is 0.292. The van der Waals surface area contributed by atoms with Gasteiger partial charge in [0, 0.05) is 23.7 Å². The number of benzene rings is 2. The van der Waals surface area contributed by atoms with E-state index in [0.717, 1.165) is 52.9 Å². The molecular weight excluding hydrogens is 408 g/mol. The summed E-state index contributed by atoms with van der Waals surface area (Å²) >= 11 is 1.45. The summed E-state index contributed by atoms with van der Waals surface area (Å²) < 4.78 is 7.46. The van der Waals surface area contributed by atoms with Crippen LogP contribution in [0.1, 0.15) is 24.5 Å². The van der Waals surface area contributed by atoms with Gasteiger partial charge in [0.1, 0.15) is 5.75 Å².